The topological polar surface area (TPSA) is 87.0 Å². The Morgan fingerprint density at radius 1 is 1.33 bits per heavy atom. The van der Waals surface area contributed by atoms with Crippen molar-refractivity contribution in [3.8, 4) is 0 Å². The number of aliphatic hydroxyl groups is 3. The number of thiol groups is 3. The van der Waals surface area contributed by atoms with Crippen molar-refractivity contribution in [1.82, 2.24) is 0 Å². The maximum Gasteiger partial charge on any atom is 0.455 e. The molecule has 0 aliphatic heterocycles. The molecule has 15 heavy (non-hydrogen) atoms. The van der Waals surface area contributed by atoms with Crippen molar-refractivity contribution in [2.45, 2.75) is 29.3 Å². The summed E-state index contributed by atoms with van der Waals surface area (Å²) in [7, 11) is 0. The fourth-order valence-corrected chi connectivity index (χ4v) is 1.67. The second-order valence-electron chi connectivity index (χ2n) is 3.02. The molecule has 0 saturated carbocycles. The minimum Gasteiger partial charge on any atom is -0.384 e. The number of ether oxygens (including phenoxy) is 1. The van der Waals surface area contributed by atoms with Crippen molar-refractivity contribution in [1.29, 1.82) is 0 Å². The maximum absolute atomic E-state index is 11.3. The van der Waals surface area contributed by atoms with Crippen LogP contribution in [0.15, 0.2) is 0 Å². The first-order valence-corrected chi connectivity index (χ1v) is 5.49. The van der Waals surface area contributed by atoms with Crippen LogP contribution in [0, 0.1) is 5.92 Å². The molecule has 0 aliphatic carbocycles. The van der Waals surface area contributed by atoms with Crippen molar-refractivity contribution in [3.63, 3.8) is 0 Å². The normalized spacial score (nSPS) is 14.9. The molecule has 0 fully saturated rings. The lowest BCUT2D eigenvalue weighted by atomic mass is 10.1. The van der Waals surface area contributed by atoms with Crippen LogP contribution in [0.5, 0.6) is 0 Å². The van der Waals surface area contributed by atoms with Gasteiger partial charge in [-0.25, -0.2) is 0 Å². The Bertz CT molecular complexity index is 220. The molecule has 0 aromatic carbocycles. The number of rotatable bonds is 5. The summed E-state index contributed by atoms with van der Waals surface area (Å²) in [5.74, 6) is -1.92. The lowest BCUT2D eigenvalue weighted by Crippen LogP contribution is -2.40. The van der Waals surface area contributed by atoms with E-state index in [1.165, 1.54) is 0 Å². The van der Waals surface area contributed by atoms with E-state index in [9.17, 15) is 4.79 Å². The minimum absolute atomic E-state index is 0.339. The second kappa shape index (κ2) is 5.65. The van der Waals surface area contributed by atoms with Gasteiger partial charge in [-0.3, -0.25) is 4.79 Å². The molecule has 5 nitrogen and oxygen atoms in total. The van der Waals surface area contributed by atoms with E-state index in [2.05, 4.69) is 42.6 Å². The van der Waals surface area contributed by atoms with Gasteiger partial charge in [0, 0.05) is 0 Å². The Kier molecular flexibility index (Phi) is 5.80. The highest BCUT2D eigenvalue weighted by atomic mass is 32.2. The molecule has 0 heterocycles. The molecule has 1 unspecified atom stereocenters. The molecule has 90 valence electrons. The highest BCUT2D eigenvalue weighted by Crippen LogP contribution is 2.37. The van der Waals surface area contributed by atoms with Crippen molar-refractivity contribution >= 4 is 43.9 Å². The Labute approximate surface area is 104 Å². The standard InChI is InChI=1S/C7H14O5S3/c1-2-3-4(6(13,14)15)5(8)12-7(9,10)11/h4,9-11,13-15H,2-3H2,1H3. The summed E-state index contributed by atoms with van der Waals surface area (Å²) in [4.78, 5) is 11.3. The molecule has 0 aromatic rings. The lowest BCUT2D eigenvalue weighted by Gasteiger charge is -2.27. The van der Waals surface area contributed by atoms with Crippen LogP contribution >= 0.6 is 37.9 Å². The average Bonchev–Trinajstić information content (AvgIpc) is 1.93. The van der Waals surface area contributed by atoms with E-state index >= 15 is 0 Å². The van der Waals surface area contributed by atoms with Gasteiger partial charge in [-0.15, -0.1) is 0 Å². The molecular weight excluding hydrogens is 260 g/mol. The second-order valence-corrected chi connectivity index (χ2v) is 6.20. The van der Waals surface area contributed by atoms with Crippen LogP contribution in [0.25, 0.3) is 0 Å². The number of hydrogen-bond acceptors (Lipinski definition) is 8. The molecule has 8 heteroatoms. The molecule has 0 aromatic heterocycles. The van der Waals surface area contributed by atoms with E-state index in [1.807, 2.05) is 6.92 Å². The summed E-state index contributed by atoms with van der Waals surface area (Å²) < 4.78 is 2.69. The SMILES string of the molecule is CCCC(C(=O)OC(O)(O)O)C(S)(S)S. The molecule has 0 radical (unpaired) electrons. The van der Waals surface area contributed by atoms with Crippen LogP contribution in [0.1, 0.15) is 19.8 Å². The van der Waals surface area contributed by atoms with Crippen LogP contribution in [0.3, 0.4) is 0 Å². The number of esters is 1. The van der Waals surface area contributed by atoms with Crippen LogP contribution in [-0.2, 0) is 9.53 Å². The average molecular weight is 274 g/mol. The largest absolute Gasteiger partial charge is 0.455 e. The number of carbonyl (C=O) groups is 1. The first kappa shape index (κ1) is 15.4. The van der Waals surface area contributed by atoms with Gasteiger partial charge in [0.25, 0.3) is 0 Å². The van der Waals surface area contributed by atoms with Gasteiger partial charge in [0.05, 0.1) is 5.92 Å². The third-order valence-electron chi connectivity index (χ3n) is 1.57. The predicted molar refractivity (Wildman–Crippen MR) is 63.6 cm³/mol. The predicted octanol–water partition coefficient (Wildman–Crippen LogP) is -0.0227. The molecular formula is C7H14O5S3. The van der Waals surface area contributed by atoms with Gasteiger partial charge in [-0.2, -0.15) is 37.9 Å². The zero-order valence-electron chi connectivity index (χ0n) is 7.99. The molecule has 0 saturated heterocycles. The summed E-state index contributed by atoms with van der Waals surface area (Å²) in [6, 6.07) is 0. The number of carbonyl (C=O) groups excluding carboxylic acids is 1. The Morgan fingerprint density at radius 3 is 2.07 bits per heavy atom. The molecule has 1 atom stereocenters. The van der Waals surface area contributed by atoms with Gasteiger partial charge in [0.1, 0.15) is 3.41 Å². The Hall–Kier alpha value is 0.400. The molecule has 3 N–H and O–H groups in total. The third kappa shape index (κ3) is 6.54. The third-order valence-corrected chi connectivity index (χ3v) is 2.50. The minimum atomic E-state index is -3.48. The maximum atomic E-state index is 11.3. The van der Waals surface area contributed by atoms with Gasteiger partial charge < -0.3 is 20.1 Å². The molecule has 0 bridgehead atoms. The lowest BCUT2D eigenvalue weighted by molar-refractivity contribution is -0.436. The Balaban J connectivity index is 4.58. The monoisotopic (exact) mass is 274 g/mol. The zero-order valence-corrected chi connectivity index (χ0v) is 10.7. The number of hydrogen-bond donors (Lipinski definition) is 6. The fourth-order valence-electron chi connectivity index (χ4n) is 0.964. The first-order chi connectivity index (χ1) is 6.58. The van der Waals surface area contributed by atoms with Gasteiger partial charge in [0.2, 0.25) is 0 Å². The van der Waals surface area contributed by atoms with Crippen molar-refractivity contribution in [2.24, 2.45) is 5.92 Å². The van der Waals surface area contributed by atoms with E-state index in [1.54, 1.807) is 0 Å². The van der Waals surface area contributed by atoms with E-state index in [4.69, 9.17) is 15.3 Å². The summed E-state index contributed by atoms with van der Waals surface area (Å²) in [5.41, 5.74) is 0. The molecule has 0 aliphatic rings. The van der Waals surface area contributed by atoms with Crippen LogP contribution in [0.2, 0.25) is 0 Å². The van der Waals surface area contributed by atoms with Crippen molar-refractivity contribution < 1.29 is 24.9 Å². The van der Waals surface area contributed by atoms with Gasteiger partial charge in [0.15, 0.2) is 0 Å². The van der Waals surface area contributed by atoms with Crippen LogP contribution < -0.4 is 0 Å². The molecule has 0 spiro atoms. The molecule has 0 amide bonds. The molecule has 0 rings (SSSR count). The zero-order chi connectivity index (χ0) is 12.3. The highest BCUT2D eigenvalue weighted by Gasteiger charge is 2.38. The Morgan fingerprint density at radius 2 is 1.80 bits per heavy atom. The highest BCUT2D eigenvalue weighted by molar-refractivity contribution is 8.17. The van der Waals surface area contributed by atoms with Gasteiger partial charge >= 0.3 is 12.1 Å². The van der Waals surface area contributed by atoms with Crippen molar-refractivity contribution in [2.75, 3.05) is 0 Å². The van der Waals surface area contributed by atoms with E-state index in [-0.39, 0.29) is 0 Å². The van der Waals surface area contributed by atoms with Crippen molar-refractivity contribution in [3.05, 3.63) is 0 Å². The fraction of sp³-hybridized carbons (Fsp3) is 0.857. The van der Waals surface area contributed by atoms with Gasteiger partial charge in [-0.1, -0.05) is 13.3 Å². The summed E-state index contributed by atoms with van der Waals surface area (Å²) in [6.07, 6.45) is -2.52. The summed E-state index contributed by atoms with van der Waals surface area (Å²) in [6.45, 7) is 1.81. The summed E-state index contributed by atoms with van der Waals surface area (Å²) >= 11 is 11.9. The smallest absolute Gasteiger partial charge is 0.384 e. The quantitative estimate of drug-likeness (QED) is 0.241. The van der Waals surface area contributed by atoms with E-state index in [0.29, 0.717) is 12.8 Å². The van der Waals surface area contributed by atoms with Crippen LogP contribution in [-0.4, -0.2) is 30.9 Å². The summed E-state index contributed by atoms with van der Waals surface area (Å²) in [5, 5.41) is 25.4. The first-order valence-electron chi connectivity index (χ1n) is 4.15. The van der Waals surface area contributed by atoms with E-state index < -0.39 is 21.5 Å². The van der Waals surface area contributed by atoms with E-state index in [0.717, 1.165) is 0 Å². The van der Waals surface area contributed by atoms with Crippen LogP contribution in [0.4, 0.5) is 0 Å². The van der Waals surface area contributed by atoms with Gasteiger partial charge in [-0.05, 0) is 6.42 Å².